The molecule has 0 saturated carbocycles. The van der Waals surface area contributed by atoms with Gasteiger partial charge in [0.2, 0.25) is 0 Å². The molecule has 186 valence electrons. The molecule has 0 bridgehead atoms. The maximum Gasteiger partial charge on any atom is 0.409 e. The molecule has 0 unspecified atom stereocenters. The van der Waals surface area contributed by atoms with E-state index in [2.05, 4.69) is 95.8 Å². The van der Waals surface area contributed by atoms with Gasteiger partial charge < -0.3 is 14.6 Å². The molecule has 1 aliphatic heterocycles. The second kappa shape index (κ2) is 11.4. The van der Waals surface area contributed by atoms with Crippen LogP contribution in [0.25, 0.3) is 10.9 Å². The fourth-order valence-corrected chi connectivity index (χ4v) is 5.20. The second-order valence-electron chi connectivity index (χ2n) is 9.85. The minimum atomic E-state index is -0.196. The van der Waals surface area contributed by atoms with Crippen LogP contribution in [-0.2, 0) is 17.8 Å². The van der Waals surface area contributed by atoms with Gasteiger partial charge in [-0.3, -0.25) is 4.90 Å². The van der Waals surface area contributed by atoms with E-state index >= 15 is 0 Å². The lowest BCUT2D eigenvalue weighted by Gasteiger charge is -2.33. The van der Waals surface area contributed by atoms with Crippen molar-refractivity contribution in [2.45, 2.75) is 44.8 Å². The fourth-order valence-electron chi connectivity index (χ4n) is 5.20. The number of rotatable bonds is 8. The number of hydrogen-bond donors (Lipinski definition) is 1. The summed E-state index contributed by atoms with van der Waals surface area (Å²) in [5.74, 6) is 0.469. The van der Waals surface area contributed by atoms with Crippen molar-refractivity contribution in [3.63, 3.8) is 0 Å². The van der Waals surface area contributed by atoms with E-state index in [-0.39, 0.29) is 12.1 Å². The predicted octanol–water partition coefficient (Wildman–Crippen LogP) is 6.57. The van der Waals surface area contributed by atoms with E-state index < -0.39 is 0 Å². The van der Waals surface area contributed by atoms with Gasteiger partial charge in [0.1, 0.15) is 6.61 Å². The number of nitrogens with zero attached hydrogens (tertiary/aromatic N) is 2. The fraction of sp³-hybridized carbons (Fsp3) is 0.323. The molecule has 0 spiro atoms. The lowest BCUT2D eigenvalue weighted by Crippen LogP contribution is -2.41. The van der Waals surface area contributed by atoms with Gasteiger partial charge in [0.05, 0.1) is 0 Å². The number of aromatic nitrogens is 1. The number of amides is 1. The summed E-state index contributed by atoms with van der Waals surface area (Å²) >= 11 is 0. The van der Waals surface area contributed by atoms with E-state index in [4.69, 9.17) is 4.74 Å². The number of H-pyrrole nitrogens is 1. The van der Waals surface area contributed by atoms with Gasteiger partial charge in [0.25, 0.3) is 0 Å². The number of hydrogen-bond acceptors (Lipinski definition) is 3. The topological polar surface area (TPSA) is 48.6 Å². The van der Waals surface area contributed by atoms with E-state index in [1.807, 2.05) is 17.0 Å². The number of aromatic amines is 1. The highest BCUT2D eigenvalue weighted by Gasteiger charge is 2.27. The largest absolute Gasteiger partial charge is 0.448 e. The summed E-state index contributed by atoms with van der Waals surface area (Å²) in [5.41, 5.74) is 5.06. The molecule has 4 aromatic rings. The Hall–Kier alpha value is -3.57. The van der Waals surface area contributed by atoms with Crippen molar-refractivity contribution >= 4 is 17.0 Å². The van der Waals surface area contributed by atoms with Gasteiger partial charge in [0, 0.05) is 49.3 Å². The molecule has 36 heavy (non-hydrogen) atoms. The third-order valence-electron chi connectivity index (χ3n) is 7.34. The standard InChI is InChI=1S/C31H35N3O2/c1-24(34(21-25-10-4-2-5-11-25)22-26-12-6-3-7-13-26)23-36-31(35)33-18-16-27(17-19-33)29-20-32-30-15-9-8-14-28(29)30/h2-15,20,24,27,32H,16-19,21-23H2,1H3/t24-/m0/s1. The average Bonchev–Trinajstić information content (AvgIpc) is 3.37. The molecule has 1 N–H and O–H groups in total. The molecule has 1 atom stereocenters. The quantitative estimate of drug-likeness (QED) is 0.309. The first-order valence-electron chi connectivity index (χ1n) is 13.0. The van der Waals surface area contributed by atoms with Crippen molar-refractivity contribution in [2.24, 2.45) is 0 Å². The van der Waals surface area contributed by atoms with Crippen molar-refractivity contribution in [3.8, 4) is 0 Å². The Bertz CT molecular complexity index is 1210. The Labute approximate surface area is 213 Å². The van der Waals surface area contributed by atoms with Crippen LogP contribution in [-0.4, -0.2) is 46.6 Å². The van der Waals surface area contributed by atoms with Gasteiger partial charge in [-0.05, 0) is 48.4 Å². The zero-order valence-electron chi connectivity index (χ0n) is 21.0. The summed E-state index contributed by atoms with van der Waals surface area (Å²) in [6.45, 7) is 5.60. The molecule has 5 rings (SSSR count). The molecule has 1 amide bonds. The molecule has 0 radical (unpaired) electrons. The van der Waals surface area contributed by atoms with Crippen molar-refractivity contribution in [3.05, 3.63) is 108 Å². The lowest BCUT2D eigenvalue weighted by molar-refractivity contribution is 0.0589. The molecular formula is C31H35N3O2. The Balaban J connectivity index is 1.16. The highest BCUT2D eigenvalue weighted by molar-refractivity contribution is 5.83. The van der Waals surface area contributed by atoms with Crippen LogP contribution < -0.4 is 0 Å². The number of piperidine rings is 1. The normalized spacial score (nSPS) is 15.3. The van der Waals surface area contributed by atoms with Crippen LogP contribution >= 0.6 is 0 Å². The number of ether oxygens (including phenoxy) is 1. The number of para-hydroxylation sites is 1. The molecule has 3 aromatic carbocycles. The van der Waals surface area contributed by atoms with Crippen LogP contribution in [0.1, 0.15) is 42.4 Å². The van der Waals surface area contributed by atoms with E-state index in [9.17, 15) is 4.79 Å². The maximum atomic E-state index is 12.9. The van der Waals surface area contributed by atoms with Crippen molar-refractivity contribution in [1.82, 2.24) is 14.8 Å². The smallest absolute Gasteiger partial charge is 0.409 e. The Morgan fingerprint density at radius 2 is 1.50 bits per heavy atom. The Kier molecular flexibility index (Phi) is 7.67. The van der Waals surface area contributed by atoms with Crippen LogP contribution in [0.5, 0.6) is 0 Å². The summed E-state index contributed by atoms with van der Waals surface area (Å²) in [6, 6.07) is 29.5. The summed E-state index contributed by atoms with van der Waals surface area (Å²) in [4.78, 5) is 20.6. The molecule has 1 fully saturated rings. The zero-order valence-corrected chi connectivity index (χ0v) is 21.0. The number of carbonyl (C=O) groups excluding carboxylic acids is 1. The number of benzene rings is 3. The number of carbonyl (C=O) groups is 1. The van der Waals surface area contributed by atoms with Gasteiger partial charge in [-0.1, -0.05) is 78.9 Å². The number of fused-ring (bicyclic) bond motifs is 1. The molecule has 5 nitrogen and oxygen atoms in total. The van der Waals surface area contributed by atoms with E-state index in [0.717, 1.165) is 39.0 Å². The first kappa shape index (κ1) is 24.1. The lowest BCUT2D eigenvalue weighted by atomic mass is 9.89. The average molecular weight is 482 g/mol. The number of likely N-dealkylation sites (tertiary alicyclic amines) is 1. The second-order valence-corrected chi connectivity index (χ2v) is 9.85. The summed E-state index contributed by atoms with van der Waals surface area (Å²) in [5, 5.41) is 1.30. The van der Waals surface area contributed by atoms with E-state index in [0.29, 0.717) is 12.5 Å². The van der Waals surface area contributed by atoms with Crippen LogP contribution in [0.3, 0.4) is 0 Å². The van der Waals surface area contributed by atoms with E-state index in [1.54, 1.807) is 0 Å². The maximum absolute atomic E-state index is 12.9. The predicted molar refractivity (Wildman–Crippen MR) is 145 cm³/mol. The summed E-state index contributed by atoms with van der Waals surface area (Å²) < 4.78 is 5.84. The molecule has 1 aromatic heterocycles. The first-order chi connectivity index (χ1) is 17.7. The van der Waals surface area contributed by atoms with Crippen LogP contribution in [0, 0.1) is 0 Å². The molecule has 2 heterocycles. The SMILES string of the molecule is C[C@@H](COC(=O)N1CCC(c2c[nH]c3ccccc23)CC1)N(Cc1ccccc1)Cc1ccccc1. The highest BCUT2D eigenvalue weighted by atomic mass is 16.6. The number of nitrogens with one attached hydrogen (secondary N) is 1. The summed E-state index contributed by atoms with van der Waals surface area (Å²) in [7, 11) is 0. The molecule has 5 heteroatoms. The monoisotopic (exact) mass is 481 g/mol. The Morgan fingerprint density at radius 3 is 2.14 bits per heavy atom. The molecular weight excluding hydrogens is 446 g/mol. The first-order valence-corrected chi connectivity index (χ1v) is 13.0. The van der Waals surface area contributed by atoms with Crippen molar-refractivity contribution < 1.29 is 9.53 Å². The van der Waals surface area contributed by atoms with Crippen molar-refractivity contribution in [2.75, 3.05) is 19.7 Å². The minimum Gasteiger partial charge on any atom is -0.448 e. The third-order valence-corrected chi connectivity index (χ3v) is 7.34. The van der Waals surface area contributed by atoms with E-state index in [1.165, 1.54) is 27.6 Å². The van der Waals surface area contributed by atoms with Gasteiger partial charge >= 0.3 is 6.09 Å². The van der Waals surface area contributed by atoms with Crippen molar-refractivity contribution in [1.29, 1.82) is 0 Å². The molecule has 0 aliphatic carbocycles. The van der Waals surface area contributed by atoms with Gasteiger partial charge in [-0.15, -0.1) is 0 Å². The van der Waals surface area contributed by atoms with Gasteiger partial charge in [0.15, 0.2) is 0 Å². The minimum absolute atomic E-state index is 0.0955. The Morgan fingerprint density at radius 1 is 0.917 bits per heavy atom. The zero-order chi connectivity index (χ0) is 24.7. The highest BCUT2D eigenvalue weighted by Crippen LogP contribution is 2.33. The third kappa shape index (κ3) is 5.80. The van der Waals surface area contributed by atoms with Crippen LogP contribution in [0.2, 0.25) is 0 Å². The van der Waals surface area contributed by atoms with Crippen LogP contribution in [0.15, 0.2) is 91.1 Å². The van der Waals surface area contributed by atoms with Gasteiger partial charge in [-0.2, -0.15) is 0 Å². The summed E-state index contributed by atoms with van der Waals surface area (Å²) in [6.07, 6.45) is 3.86. The van der Waals surface area contributed by atoms with Crippen LogP contribution in [0.4, 0.5) is 4.79 Å². The molecule has 1 aliphatic rings. The molecule has 1 saturated heterocycles. The van der Waals surface area contributed by atoms with Gasteiger partial charge in [-0.25, -0.2) is 4.79 Å².